The van der Waals surface area contributed by atoms with Gasteiger partial charge in [0, 0.05) is 13.0 Å². The summed E-state index contributed by atoms with van der Waals surface area (Å²) in [6.07, 6.45) is 0.871. The standard InChI is InChI=1S/C21H22N4O3/c1-25(2)18(14-7-8-19-15(11-14)9-10-28-19)13-23-20(26)21(27)24-17-6-4-3-5-16(17)12-22/h3-8,11,18H,9-10,13H2,1-2H3,(H,23,26)(H,24,27). The largest absolute Gasteiger partial charge is 0.493 e. The highest BCUT2D eigenvalue weighted by Crippen LogP contribution is 2.29. The Kier molecular flexibility index (Phi) is 5.92. The summed E-state index contributed by atoms with van der Waals surface area (Å²) >= 11 is 0. The van der Waals surface area contributed by atoms with Gasteiger partial charge in [0.2, 0.25) is 0 Å². The number of nitrogens with one attached hydrogen (secondary N) is 2. The van der Waals surface area contributed by atoms with E-state index in [0.717, 1.165) is 23.3 Å². The summed E-state index contributed by atoms with van der Waals surface area (Å²) in [5, 5.41) is 14.2. The van der Waals surface area contributed by atoms with Crippen LogP contribution < -0.4 is 15.4 Å². The molecule has 0 saturated carbocycles. The molecule has 3 rings (SSSR count). The summed E-state index contributed by atoms with van der Waals surface area (Å²) < 4.78 is 5.54. The van der Waals surface area contributed by atoms with Crippen LogP contribution in [0.3, 0.4) is 0 Å². The molecule has 7 nitrogen and oxygen atoms in total. The first-order valence-electron chi connectivity index (χ1n) is 9.00. The molecule has 7 heteroatoms. The van der Waals surface area contributed by atoms with Crippen LogP contribution in [0, 0.1) is 11.3 Å². The molecule has 0 bridgehead atoms. The Balaban J connectivity index is 1.64. The molecule has 1 unspecified atom stereocenters. The normalized spacial score (nSPS) is 13.2. The lowest BCUT2D eigenvalue weighted by Crippen LogP contribution is -2.40. The number of hydrogen-bond acceptors (Lipinski definition) is 5. The number of likely N-dealkylation sites (N-methyl/N-ethyl adjacent to an activating group) is 1. The average molecular weight is 378 g/mol. The fourth-order valence-corrected chi connectivity index (χ4v) is 3.15. The van der Waals surface area contributed by atoms with E-state index in [1.54, 1.807) is 24.3 Å². The number of nitrogens with zero attached hydrogens (tertiary/aromatic N) is 2. The minimum Gasteiger partial charge on any atom is -0.493 e. The summed E-state index contributed by atoms with van der Waals surface area (Å²) in [5.41, 5.74) is 2.81. The Labute approximate surface area is 163 Å². The number of benzene rings is 2. The van der Waals surface area contributed by atoms with E-state index < -0.39 is 11.8 Å². The van der Waals surface area contributed by atoms with Gasteiger partial charge in [0.1, 0.15) is 11.8 Å². The van der Waals surface area contributed by atoms with Crippen LogP contribution in [0.1, 0.15) is 22.7 Å². The molecule has 0 fully saturated rings. The van der Waals surface area contributed by atoms with Gasteiger partial charge in [-0.05, 0) is 43.4 Å². The number of para-hydroxylation sites is 1. The Morgan fingerprint density at radius 2 is 2.00 bits per heavy atom. The van der Waals surface area contributed by atoms with Crippen molar-refractivity contribution in [2.45, 2.75) is 12.5 Å². The number of carbonyl (C=O) groups excluding carboxylic acids is 2. The lowest BCUT2D eigenvalue weighted by atomic mass is 10.0. The maximum atomic E-state index is 12.2. The van der Waals surface area contributed by atoms with Gasteiger partial charge < -0.3 is 20.3 Å². The number of amides is 2. The Morgan fingerprint density at radius 3 is 2.75 bits per heavy atom. The Hall–Kier alpha value is -3.37. The summed E-state index contributed by atoms with van der Waals surface area (Å²) in [7, 11) is 3.84. The van der Waals surface area contributed by atoms with Gasteiger partial charge in [0.15, 0.2) is 0 Å². The minimum atomic E-state index is -0.803. The van der Waals surface area contributed by atoms with Gasteiger partial charge in [-0.1, -0.05) is 24.3 Å². The molecule has 0 radical (unpaired) electrons. The zero-order valence-corrected chi connectivity index (χ0v) is 15.9. The van der Waals surface area contributed by atoms with Crippen molar-refractivity contribution >= 4 is 17.5 Å². The second-order valence-electron chi connectivity index (χ2n) is 6.77. The van der Waals surface area contributed by atoms with E-state index in [9.17, 15) is 9.59 Å². The Bertz CT molecular complexity index is 933. The van der Waals surface area contributed by atoms with E-state index in [0.29, 0.717) is 17.9 Å². The predicted octanol–water partition coefficient (Wildman–Crippen LogP) is 1.85. The zero-order chi connectivity index (χ0) is 20.1. The number of fused-ring (bicyclic) bond motifs is 1. The quantitative estimate of drug-likeness (QED) is 0.775. The zero-order valence-electron chi connectivity index (χ0n) is 15.9. The monoisotopic (exact) mass is 378 g/mol. The number of ether oxygens (including phenoxy) is 1. The van der Waals surface area contributed by atoms with Crippen LogP contribution in [0.15, 0.2) is 42.5 Å². The van der Waals surface area contributed by atoms with Crippen molar-refractivity contribution in [2.24, 2.45) is 0 Å². The highest BCUT2D eigenvalue weighted by molar-refractivity contribution is 6.39. The molecular formula is C21H22N4O3. The number of hydrogen-bond donors (Lipinski definition) is 2. The minimum absolute atomic E-state index is 0.0888. The maximum absolute atomic E-state index is 12.2. The van der Waals surface area contributed by atoms with Crippen LogP contribution in [0.2, 0.25) is 0 Å². The summed E-state index contributed by atoms with van der Waals surface area (Å²) in [6, 6.07) is 14.4. The second kappa shape index (κ2) is 8.55. The van der Waals surface area contributed by atoms with Crippen LogP contribution in [-0.4, -0.2) is 44.0 Å². The van der Waals surface area contributed by atoms with Gasteiger partial charge in [0.05, 0.1) is 23.9 Å². The third-order valence-corrected chi connectivity index (χ3v) is 4.68. The van der Waals surface area contributed by atoms with Crippen molar-refractivity contribution in [3.8, 4) is 11.8 Å². The van der Waals surface area contributed by atoms with E-state index in [1.807, 2.05) is 37.2 Å². The van der Waals surface area contributed by atoms with E-state index in [4.69, 9.17) is 10.00 Å². The van der Waals surface area contributed by atoms with E-state index >= 15 is 0 Å². The number of carbonyl (C=O) groups is 2. The highest BCUT2D eigenvalue weighted by Gasteiger charge is 2.21. The van der Waals surface area contributed by atoms with Crippen molar-refractivity contribution in [3.05, 3.63) is 59.2 Å². The number of anilines is 1. The maximum Gasteiger partial charge on any atom is 0.313 e. The van der Waals surface area contributed by atoms with E-state index in [2.05, 4.69) is 16.7 Å². The van der Waals surface area contributed by atoms with Crippen LogP contribution in [0.4, 0.5) is 5.69 Å². The average Bonchev–Trinajstić information content (AvgIpc) is 3.16. The summed E-state index contributed by atoms with van der Waals surface area (Å²) in [4.78, 5) is 26.4. The molecule has 0 saturated heterocycles. The van der Waals surface area contributed by atoms with Gasteiger partial charge in [-0.2, -0.15) is 5.26 Å². The van der Waals surface area contributed by atoms with Crippen LogP contribution in [-0.2, 0) is 16.0 Å². The molecule has 1 atom stereocenters. The van der Waals surface area contributed by atoms with E-state index in [-0.39, 0.29) is 12.6 Å². The van der Waals surface area contributed by atoms with Gasteiger partial charge in [-0.15, -0.1) is 0 Å². The number of nitriles is 1. The molecule has 28 heavy (non-hydrogen) atoms. The van der Waals surface area contributed by atoms with Crippen LogP contribution in [0.25, 0.3) is 0 Å². The molecule has 144 valence electrons. The second-order valence-corrected chi connectivity index (χ2v) is 6.77. The third kappa shape index (κ3) is 4.30. The van der Waals surface area contributed by atoms with Crippen molar-refractivity contribution in [3.63, 3.8) is 0 Å². The van der Waals surface area contributed by atoms with Crippen molar-refractivity contribution in [2.75, 3.05) is 32.6 Å². The first kappa shape index (κ1) is 19.4. The molecule has 0 aliphatic carbocycles. The number of rotatable bonds is 5. The summed E-state index contributed by atoms with van der Waals surface area (Å²) in [6.45, 7) is 0.964. The van der Waals surface area contributed by atoms with Crippen LogP contribution in [0.5, 0.6) is 5.75 Å². The molecular weight excluding hydrogens is 356 g/mol. The molecule has 2 aromatic carbocycles. The molecule has 0 aromatic heterocycles. The molecule has 1 heterocycles. The molecule has 2 N–H and O–H groups in total. The van der Waals surface area contributed by atoms with Gasteiger partial charge >= 0.3 is 11.8 Å². The van der Waals surface area contributed by atoms with Crippen molar-refractivity contribution < 1.29 is 14.3 Å². The molecule has 2 amide bonds. The highest BCUT2D eigenvalue weighted by atomic mass is 16.5. The van der Waals surface area contributed by atoms with E-state index in [1.165, 1.54) is 0 Å². The molecule has 1 aliphatic heterocycles. The topological polar surface area (TPSA) is 94.5 Å². The van der Waals surface area contributed by atoms with Gasteiger partial charge in [-0.3, -0.25) is 9.59 Å². The Morgan fingerprint density at radius 1 is 1.21 bits per heavy atom. The van der Waals surface area contributed by atoms with Crippen molar-refractivity contribution in [1.29, 1.82) is 5.26 Å². The van der Waals surface area contributed by atoms with Gasteiger partial charge in [-0.25, -0.2) is 0 Å². The lowest BCUT2D eigenvalue weighted by molar-refractivity contribution is -0.136. The predicted molar refractivity (Wildman–Crippen MR) is 105 cm³/mol. The van der Waals surface area contributed by atoms with Crippen LogP contribution >= 0.6 is 0 Å². The first-order chi connectivity index (χ1) is 13.5. The molecule has 0 spiro atoms. The van der Waals surface area contributed by atoms with Crippen molar-refractivity contribution in [1.82, 2.24) is 10.2 Å². The van der Waals surface area contributed by atoms with Gasteiger partial charge in [0.25, 0.3) is 0 Å². The lowest BCUT2D eigenvalue weighted by Gasteiger charge is -2.25. The SMILES string of the molecule is CN(C)C(CNC(=O)C(=O)Nc1ccccc1C#N)c1ccc2c(c1)CCO2. The smallest absolute Gasteiger partial charge is 0.313 e. The fraction of sp³-hybridized carbons (Fsp3) is 0.286. The molecule has 1 aliphatic rings. The fourth-order valence-electron chi connectivity index (χ4n) is 3.15. The summed E-state index contributed by atoms with van der Waals surface area (Å²) in [5.74, 6) is -0.646. The first-order valence-corrected chi connectivity index (χ1v) is 9.00. The molecule has 2 aromatic rings. The third-order valence-electron chi connectivity index (χ3n) is 4.68.